The van der Waals surface area contributed by atoms with Crippen molar-refractivity contribution in [1.82, 2.24) is 0 Å². The van der Waals surface area contributed by atoms with Crippen LogP contribution in [0.3, 0.4) is 0 Å². The number of benzene rings is 2. The maximum absolute atomic E-state index is 5.71. The van der Waals surface area contributed by atoms with Crippen molar-refractivity contribution >= 4 is 10.8 Å². The first kappa shape index (κ1) is 11.1. The summed E-state index contributed by atoms with van der Waals surface area (Å²) in [5.74, 6) is 0.822. The van der Waals surface area contributed by atoms with Gasteiger partial charge < -0.3 is 8.83 Å². The van der Waals surface area contributed by atoms with Gasteiger partial charge in [0.05, 0.1) is 18.8 Å². The summed E-state index contributed by atoms with van der Waals surface area (Å²) in [7, 11) is 0. The fourth-order valence-electron chi connectivity index (χ4n) is 2.50. The molecule has 0 aliphatic rings. The van der Waals surface area contributed by atoms with Crippen molar-refractivity contribution < 1.29 is 8.83 Å². The molecule has 2 aromatic heterocycles. The topological polar surface area (TPSA) is 26.3 Å². The van der Waals surface area contributed by atoms with Gasteiger partial charge in [-0.15, -0.1) is 0 Å². The Morgan fingerprint density at radius 3 is 2.75 bits per heavy atom. The van der Waals surface area contributed by atoms with E-state index in [-0.39, 0.29) is 0 Å². The van der Waals surface area contributed by atoms with Crippen LogP contribution in [0, 0.1) is 6.07 Å². The quantitative estimate of drug-likeness (QED) is 0.497. The summed E-state index contributed by atoms with van der Waals surface area (Å²) in [4.78, 5) is 0. The standard InChI is InChI=1S/C18H11O2/c1-2-6-15-13(4-1)5-3-7-17(15)18-16(9-11-20-18)14-8-10-19-12-14/h1-6,8-12H. The SMILES string of the molecule is [c]1ccc2ccccc2c1-c1occc1-c1ccoc1. The van der Waals surface area contributed by atoms with Crippen molar-refractivity contribution in [3.05, 3.63) is 73.4 Å². The zero-order valence-electron chi connectivity index (χ0n) is 10.7. The third-order valence-corrected chi connectivity index (χ3v) is 3.45. The molecule has 2 nitrogen and oxygen atoms in total. The van der Waals surface area contributed by atoms with Crippen molar-refractivity contribution in [3.63, 3.8) is 0 Å². The average Bonchev–Trinajstić information content (AvgIpc) is 3.17. The number of hydrogen-bond acceptors (Lipinski definition) is 2. The molecule has 0 spiro atoms. The predicted octanol–water partition coefficient (Wildman–Crippen LogP) is 5.16. The molecule has 0 N–H and O–H groups in total. The zero-order chi connectivity index (χ0) is 13.4. The minimum Gasteiger partial charge on any atom is -0.472 e. The number of rotatable bonds is 2. The van der Waals surface area contributed by atoms with Crippen molar-refractivity contribution in [2.75, 3.05) is 0 Å². The summed E-state index contributed by atoms with van der Waals surface area (Å²) in [6, 6.07) is 19.4. The smallest absolute Gasteiger partial charge is 0.143 e. The van der Waals surface area contributed by atoms with E-state index >= 15 is 0 Å². The summed E-state index contributed by atoms with van der Waals surface area (Å²) < 4.78 is 10.9. The Balaban J connectivity index is 1.99. The van der Waals surface area contributed by atoms with E-state index in [2.05, 4.69) is 24.3 Å². The second kappa shape index (κ2) is 4.42. The lowest BCUT2D eigenvalue weighted by Gasteiger charge is -2.05. The van der Waals surface area contributed by atoms with Crippen LogP contribution >= 0.6 is 0 Å². The molecule has 0 atom stereocenters. The lowest BCUT2D eigenvalue weighted by molar-refractivity contribution is 0.567. The third-order valence-electron chi connectivity index (χ3n) is 3.45. The van der Waals surface area contributed by atoms with Gasteiger partial charge in [0.1, 0.15) is 5.76 Å². The van der Waals surface area contributed by atoms with Gasteiger partial charge in [0.25, 0.3) is 0 Å². The lowest BCUT2D eigenvalue weighted by atomic mass is 9.99. The molecule has 2 heterocycles. The van der Waals surface area contributed by atoms with Crippen LogP contribution in [0.5, 0.6) is 0 Å². The molecule has 95 valence electrons. The molecule has 0 aliphatic carbocycles. The van der Waals surface area contributed by atoms with Crippen LogP contribution in [0.1, 0.15) is 0 Å². The van der Waals surface area contributed by atoms with Gasteiger partial charge in [-0.1, -0.05) is 36.4 Å². The maximum atomic E-state index is 5.71. The molecule has 4 aromatic rings. The first-order chi connectivity index (χ1) is 9.93. The molecule has 0 saturated carbocycles. The van der Waals surface area contributed by atoms with E-state index in [4.69, 9.17) is 8.83 Å². The zero-order valence-corrected chi connectivity index (χ0v) is 10.7. The summed E-state index contributed by atoms with van der Waals surface area (Å²) in [6.45, 7) is 0. The van der Waals surface area contributed by atoms with Crippen LogP contribution in [0.15, 0.2) is 76.2 Å². The molecule has 1 radical (unpaired) electrons. The molecule has 0 fully saturated rings. The summed E-state index contributed by atoms with van der Waals surface area (Å²) in [5, 5.41) is 2.31. The van der Waals surface area contributed by atoms with E-state index in [0.29, 0.717) is 0 Å². The molecule has 0 bridgehead atoms. The highest BCUT2D eigenvalue weighted by Gasteiger charge is 2.14. The Morgan fingerprint density at radius 1 is 0.900 bits per heavy atom. The first-order valence-corrected chi connectivity index (χ1v) is 6.43. The van der Waals surface area contributed by atoms with Gasteiger partial charge >= 0.3 is 0 Å². The lowest BCUT2D eigenvalue weighted by Crippen LogP contribution is -1.82. The van der Waals surface area contributed by atoms with Crippen LogP contribution in [0.25, 0.3) is 33.2 Å². The predicted molar refractivity (Wildman–Crippen MR) is 78.2 cm³/mol. The van der Waals surface area contributed by atoms with Crippen molar-refractivity contribution in [1.29, 1.82) is 0 Å². The van der Waals surface area contributed by atoms with Crippen LogP contribution in [-0.4, -0.2) is 0 Å². The van der Waals surface area contributed by atoms with Gasteiger partial charge in [-0.05, 0) is 29.0 Å². The van der Waals surface area contributed by atoms with E-state index < -0.39 is 0 Å². The summed E-state index contributed by atoms with van der Waals surface area (Å²) in [6.07, 6.45) is 5.09. The van der Waals surface area contributed by atoms with Gasteiger partial charge in [0.2, 0.25) is 0 Å². The molecule has 2 aromatic carbocycles. The highest BCUT2D eigenvalue weighted by atomic mass is 16.3. The maximum Gasteiger partial charge on any atom is 0.143 e. The number of hydrogen-bond donors (Lipinski definition) is 0. The third kappa shape index (κ3) is 1.66. The fourth-order valence-corrected chi connectivity index (χ4v) is 2.50. The molecule has 0 aliphatic heterocycles. The summed E-state index contributed by atoms with van der Waals surface area (Å²) in [5.41, 5.74) is 3.01. The largest absolute Gasteiger partial charge is 0.472 e. The molecule has 0 saturated heterocycles. The second-order valence-corrected chi connectivity index (χ2v) is 4.62. The van der Waals surface area contributed by atoms with Gasteiger partial charge in [0, 0.05) is 16.7 Å². The minimum atomic E-state index is 0.822. The molecule has 20 heavy (non-hydrogen) atoms. The van der Waals surface area contributed by atoms with E-state index in [1.54, 1.807) is 18.8 Å². The highest BCUT2D eigenvalue weighted by molar-refractivity contribution is 5.98. The van der Waals surface area contributed by atoms with Gasteiger partial charge in [0.15, 0.2) is 0 Å². The molecular weight excluding hydrogens is 248 g/mol. The van der Waals surface area contributed by atoms with Crippen molar-refractivity contribution in [2.45, 2.75) is 0 Å². The van der Waals surface area contributed by atoms with Crippen LogP contribution in [0.2, 0.25) is 0 Å². The van der Waals surface area contributed by atoms with Crippen LogP contribution in [0.4, 0.5) is 0 Å². The average molecular weight is 259 g/mol. The Morgan fingerprint density at radius 2 is 1.85 bits per heavy atom. The van der Waals surface area contributed by atoms with Gasteiger partial charge in [-0.3, -0.25) is 0 Å². The molecule has 4 rings (SSSR count). The van der Waals surface area contributed by atoms with Crippen molar-refractivity contribution in [2.24, 2.45) is 0 Å². The molecular formula is C18H11O2. The van der Waals surface area contributed by atoms with Crippen molar-refractivity contribution in [3.8, 4) is 22.5 Å². The monoisotopic (exact) mass is 259 g/mol. The molecule has 2 heteroatoms. The van der Waals surface area contributed by atoms with E-state index in [1.165, 1.54) is 5.39 Å². The van der Waals surface area contributed by atoms with Gasteiger partial charge in [-0.2, -0.15) is 0 Å². The number of furan rings is 2. The van der Waals surface area contributed by atoms with Gasteiger partial charge in [-0.25, -0.2) is 0 Å². The second-order valence-electron chi connectivity index (χ2n) is 4.62. The number of fused-ring (bicyclic) bond motifs is 1. The Hall–Kier alpha value is -2.74. The van der Waals surface area contributed by atoms with Crippen LogP contribution in [-0.2, 0) is 0 Å². The summed E-state index contributed by atoms with van der Waals surface area (Å²) >= 11 is 0. The van der Waals surface area contributed by atoms with Crippen LogP contribution < -0.4 is 0 Å². The highest BCUT2D eigenvalue weighted by Crippen LogP contribution is 2.36. The van der Waals surface area contributed by atoms with E-state index in [1.807, 2.05) is 30.3 Å². The Bertz CT molecular complexity index is 849. The minimum absolute atomic E-state index is 0.822. The Kier molecular flexibility index (Phi) is 2.46. The van der Waals surface area contributed by atoms with E-state index in [0.717, 1.165) is 27.8 Å². The first-order valence-electron chi connectivity index (χ1n) is 6.43. The Labute approximate surface area is 116 Å². The normalized spacial score (nSPS) is 11.0. The fraction of sp³-hybridized carbons (Fsp3) is 0. The van der Waals surface area contributed by atoms with E-state index in [9.17, 15) is 0 Å². The molecule has 0 unspecified atom stereocenters. The molecule has 0 amide bonds.